The van der Waals surface area contributed by atoms with Crippen molar-refractivity contribution >= 4 is 12.0 Å². The summed E-state index contributed by atoms with van der Waals surface area (Å²) < 4.78 is 10.4. The summed E-state index contributed by atoms with van der Waals surface area (Å²) in [5.41, 5.74) is 0. The molecule has 1 aliphatic heterocycles. The number of amides is 2. The summed E-state index contributed by atoms with van der Waals surface area (Å²) in [6, 6.07) is -1.20. The molecule has 0 aromatic heterocycles. The highest BCUT2D eigenvalue weighted by Crippen LogP contribution is 2.13. The smallest absolute Gasteiger partial charge is 0.326 e. The van der Waals surface area contributed by atoms with Crippen molar-refractivity contribution in [3.05, 3.63) is 0 Å². The molecular formula is C14H26N2O5. The molecular weight excluding hydrogens is 276 g/mol. The average molecular weight is 302 g/mol. The van der Waals surface area contributed by atoms with E-state index in [1.807, 2.05) is 6.92 Å². The van der Waals surface area contributed by atoms with Gasteiger partial charge in [-0.2, -0.15) is 0 Å². The predicted octanol–water partition coefficient (Wildman–Crippen LogP) is 1.08. The van der Waals surface area contributed by atoms with Crippen LogP contribution < -0.4 is 5.32 Å². The van der Waals surface area contributed by atoms with E-state index in [0.717, 1.165) is 12.8 Å². The van der Waals surface area contributed by atoms with Crippen LogP contribution in [-0.4, -0.2) is 67.6 Å². The standard InChI is InChI=1S/C14H26N2O5/c1-3-21-11-6-4-8-16(10-11)14(19)15-12(13(17)18)7-5-9-20-2/h11-12H,3-10H2,1-2H3,(H,15,19)(H,17,18). The Kier molecular flexibility index (Phi) is 8.07. The van der Waals surface area contributed by atoms with Crippen LogP contribution in [-0.2, 0) is 14.3 Å². The molecule has 0 spiro atoms. The van der Waals surface area contributed by atoms with E-state index in [9.17, 15) is 9.59 Å². The second-order valence-electron chi connectivity index (χ2n) is 5.14. The molecule has 122 valence electrons. The molecule has 2 atom stereocenters. The second kappa shape index (κ2) is 9.57. The lowest BCUT2D eigenvalue weighted by atomic mass is 10.1. The van der Waals surface area contributed by atoms with Gasteiger partial charge in [-0.1, -0.05) is 0 Å². The number of carboxylic acid groups (broad SMARTS) is 1. The van der Waals surface area contributed by atoms with E-state index < -0.39 is 12.0 Å². The van der Waals surface area contributed by atoms with Gasteiger partial charge in [0, 0.05) is 33.4 Å². The normalized spacial score (nSPS) is 20.1. The number of likely N-dealkylation sites (tertiary alicyclic amines) is 1. The fraction of sp³-hybridized carbons (Fsp3) is 0.857. The van der Waals surface area contributed by atoms with E-state index in [0.29, 0.717) is 39.1 Å². The number of nitrogens with one attached hydrogen (secondary N) is 1. The Morgan fingerprint density at radius 2 is 2.24 bits per heavy atom. The maximum Gasteiger partial charge on any atom is 0.326 e. The number of carboxylic acids is 1. The van der Waals surface area contributed by atoms with Crippen LogP contribution >= 0.6 is 0 Å². The SMILES string of the molecule is CCOC1CCCN(C(=O)NC(CCCOC)C(=O)O)C1. The first-order chi connectivity index (χ1) is 10.1. The van der Waals surface area contributed by atoms with Crippen LogP contribution in [0.15, 0.2) is 0 Å². The number of hydrogen-bond acceptors (Lipinski definition) is 4. The van der Waals surface area contributed by atoms with Crippen LogP contribution in [0.5, 0.6) is 0 Å². The first-order valence-electron chi connectivity index (χ1n) is 7.47. The summed E-state index contributed by atoms with van der Waals surface area (Å²) >= 11 is 0. The van der Waals surface area contributed by atoms with Gasteiger partial charge in [-0.25, -0.2) is 9.59 Å². The molecule has 1 fully saturated rings. The number of carbonyl (C=O) groups is 2. The van der Waals surface area contributed by atoms with Gasteiger partial charge in [0.05, 0.1) is 6.10 Å². The molecule has 0 aromatic rings. The average Bonchev–Trinajstić information content (AvgIpc) is 2.46. The van der Waals surface area contributed by atoms with Gasteiger partial charge < -0.3 is 24.8 Å². The maximum absolute atomic E-state index is 12.2. The van der Waals surface area contributed by atoms with Crippen molar-refractivity contribution in [1.82, 2.24) is 10.2 Å². The van der Waals surface area contributed by atoms with Gasteiger partial charge >= 0.3 is 12.0 Å². The van der Waals surface area contributed by atoms with Crippen LogP contribution in [0, 0.1) is 0 Å². The quantitative estimate of drug-likeness (QED) is 0.655. The molecule has 1 aliphatic rings. The molecule has 1 heterocycles. The minimum Gasteiger partial charge on any atom is -0.480 e. The third-order valence-corrected chi connectivity index (χ3v) is 3.50. The van der Waals surface area contributed by atoms with E-state index in [1.165, 1.54) is 0 Å². The molecule has 2 N–H and O–H groups in total. The second-order valence-corrected chi connectivity index (χ2v) is 5.14. The summed E-state index contributed by atoms with van der Waals surface area (Å²) in [7, 11) is 1.57. The third kappa shape index (κ3) is 6.31. The monoisotopic (exact) mass is 302 g/mol. The molecule has 1 saturated heterocycles. The Labute approximate surface area is 125 Å². The largest absolute Gasteiger partial charge is 0.480 e. The van der Waals surface area contributed by atoms with Gasteiger partial charge in [0.2, 0.25) is 0 Å². The van der Waals surface area contributed by atoms with Gasteiger partial charge in [-0.3, -0.25) is 0 Å². The molecule has 7 heteroatoms. The lowest BCUT2D eigenvalue weighted by Gasteiger charge is -2.33. The minimum absolute atomic E-state index is 0.0475. The highest BCUT2D eigenvalue weighted by molar-refractivity contribution is 5.82. The summed E-state index contributed by atoms with van der Waals surface area (Å²) in [5, 5.41) is 11.7. The number of ether oxygens (including phenoxy) is 2. The number of piperidine rings is 1. The Balaban J connectivity index is 2.46. The van der Waals surface area contributed by atoms with E-state index in [1.54, 1.807) is 12.0 Å². The Morgan fingerprint density at radius 3 is 2.86 bits per heavy atom. The Bertz CT molecular complexity index is 335. The molecule has 0 aromatic carbocycles. The first kappa shape index (κ1) is 17.7. The van der Waals surface area contributed by atoms with Crippen molar-refractivity contribution in [2.24, 2.45) is 0 Å². The van der Waals surface area contributed by atoms with E-state index >= 15 is 0 Å². The van der Waals surface area contributed by atoms with Gasteiger partial charge in [-0.05, 0) is 32.6 Å². The first-order valence-corrected chi connectivity index (χ1v) is 7.47. The van der Waals surface area contributed by atoms with E-state index in [-0.39, 0.29) is 12.1 Å². The zero-order valence-corrected chi connectivity index (χ0v) is 12.8. The lowest BCUT2D eigenvalue weighted by molar-refractivity contribution is -0.139. The molecule has 0 saturated carbocycles. The molecule has 0 radical (unpaired) electrons. The lowest BCUT2D eigenvalue weighted by Crippen LogP contribution is -2.52. The summed E-state index contributed by atoms with van der Waals surface area (Å²) in [5.74, 6) is -1.02. The molecule has 2 amide bonds. The van der Waals surface area contributed by atoms with E-state index in [4.69, 9.17) is 14.6 Å². The van der Waals surface area contributed by atoms with Crippen molar-refractivity contribution in [2.75, 3.05) is 33.4 Å². The number of methoxy groups -OCH3 is 1. The molecule has 0 aliphatic carbocycles. The van der Waals surface area contributed by atoms with E-state index in [2.05, 4.69) is 5.32 Å². The maximum atomic E-state index is 12.2. The number of urea groups is 1. The molecule has 7 nitrogen and oxygen atoms in total. The zero-order valence-electron chi connectivity index (χ0n) is 12.8. The van der Waals surface area contributed by atoms with Crippen LogP contribution in [0.4, 0.5) is 4.79 Å². The van der Waals surface area contributed by atoms with Gasteiger partial charge in [0.25, 0.3) is 0 Å². The van der Waals surface area contributed by atoms with Crippen LogP contribution in [0.2, 0.25) is 0 Å². The number of rotatable bonds is 8. The highest BCUT2D eigenvalue weighted by Gasteiger charge is 2.27. The van der Waals surface area contributed by atoms with Gasteiger partial charge in [0.15, 0.2) is 0 Å². The van der Waals surface area contributed by atoms with Gasteiger partial charge in [0.1, 0.15) is 6.04 Å². The topological polar surface area (TPSA) is 88.1 Å². The van der Waals surface area contributed by atoms with Crippen molar-refractivity contribution in [1.29, 1.82) is 0 Å². The fourth-order valence-electron chi connectivity index (χ4n) is 2.42. The van der Waals surface area contributed by atoms with Crippen molar-refractivity contribution in [3.63, 3.8) is 0 Å². The number of carbonyl (C=O) groups excluding carboxylic acids is 1. The number of hydrogen-bond donors (Lipinski definition) is 2. The fourth-order valence-corrected chi connectivity index (χ4v) is 2.42. The highest BCUT2D eigenvalue weighted by atomic mass is 16.5. The zero-order chi connectivity index (χ0) is 15.7. The van der Waals surface area contributed by atoms with Crippen LogP contribution in [0.25, 0.3) is 0 Å². The van der Waals surface area contributed by atoms with Crippen molar-refractivity contribution < 1.29 is 24.2 Å². The van der Waals surface area contributed by atoms with Crippen LogP contribution in [0.1, 0.15) is 32.6 Å². The minimum atomic E-state index is -1.02. The molecule has 2 unspecified atom stereocenters. The predicted molar refractivity (Wildman–Crippen MR) is 77.3 cm³/mol. The summed E-state index contributed by atoms with van der Waals surface area (Å²) in [6.07, 6.45) is 2.81. The van der Waals surface area contributed by atoms with Crippen molar-refractivity contribution in [2.45, 2.75) is 44.8 Å². The molecule has 0 bridgehead atoms. The third-order valence-electron chi connectivity index (χ3n) is 3.50. The molecule has 1 rings (SSSR count). The Morgan fingerprint density at radius 1 is 1.48 bits per heavy atom. The van der Waals surface area contributed by atoms with Crippen LogP contribution in [0.3, 0.4) is 0 Å². The molecule has 21 heavy (non-hydrogen) atoms. The van der Waals surface area contributed by atoms with Gasteiger partial charge in [-0.15, -0.1) is 0 Å². The summed E-state index contributed by atoms with van der Waals surface area (Å²) in [6.45, 7) is 4.18. The summed E-state index contributed by atoms with van der Waals surface area (Å²) in [4.78, 5) is 25.0. The van der Waals surface area contributed by atoms with Crippen molar-refractivity contribution in [3.8, 4) is 0 Å². The Hall–Kier alpha value is -1.34. The number of nitrogens with zero attached hydrogens (tertiary/aromatic N) is 1. The number of aliphatic carboxylic acids is 1.